The van der Waals surface area contributed by atoms with Crippen molar-refractivity contribution in [3.63, 3.8) is 0 Å². The summed E-state index contributed by atoms with van der Waals surface area (Å²) in [6.07, 6.45) is 8.18. The number of nitrogens with zero attached hydrogens (tertiary/aromatic N) is 7. The maximum Gasteiger partial charge on any atom is 0.327 e. The summed E-state index contributed by atoms with van der Waals surface area (Å²) in [6, 6.07) is 6.67. The Hall–Kier alpha value is -5.93. The van der Waals surface area contributed by atoms with Gasteiger partial charge in [-0.05, 0) is 82.2 Å². The van der Waals surface area contributed by atoms with E-state index in [9.17, 15) is 28.0 Å². The highest BCUT2D eigenvalue weighted by Crippen LogP contribution is 2.35. The number of benzene rings is 1. The van der Waals surface area contributed by atoms with Crippen molar-refractivity contribution in [3.05, 3.63) is 70.2 Å². The molecule has 58 heavy (non-hydrogen) atoms. The van der Waals surface area contributed by atoms with Crippen LogP contribution in [-0.4, -0.2) is 90.0 Å². The molecule has 4 aromatic heterocycles. The van der Waals surface area contributed by atoms with Gasteiger partial charge in [0.1, 0.15) is 17.4 Å². The molecule has 7 heterocycles. The lowest BCUT2D eigenvalue weighted by Gasteiger charge is -2.28. The van der Waals surface area contributed by atoms with Crippen molar-refractivity contribution in [2.24, 2.45) is 5.92 Å². The number of fused-ring (bicyclic) bond motifs is 4. The van der Waals surface area contributed by atoms with E-state index in [0.29, 0.717) is 41.2 Å². The molecule has 1 aliphatic carbocycles. The standard InChI is InChI=1S/C40H43F2N11O5/c41-36(42)35-29(45-38(55)28-19-44-51-16-14-32(46-37(28)51)50-20-27-17-26(50)22-58-27)21-52(49-35)25-10-8-23(9-11-25)18-43-15-3-1-2-5-24-6-4-7-30-34(24)48-40(57)53(30)31-12-13-33(54)47-39(31)56/h4,6-7,14,16,19,21,23,25-27,31,36,43H,1,3,8-13,15,17-18,20,22H2,(H,45,55)(H,48,57)(H,47,54,56)/t23?,25?,26-,27-,31?/m1/s1. The summed E-state index contributed by atoms with van der Waals surface area (Å²) in [7, 11) is 0. The van der Waals surface area contributed by atoms with E-state index in [2.05, 4.69) is 47.9 Å². The average Bonchev–Trinajstić information content (AvgIpc) is 4.07. The van der Waals surface area contributed by atoms with Crippen LogP contribution < -0.4 is 26.5 Å². The molecule has 4 fully saturated rings. The molecular weight excluding hydrogens is 753 g/mol. The first kappa shape index (κ1) is 37.6. The number of unbranched alkanes of at least 4 members (excludes halogenated alkanes) is 1. The van der Waals surface area contributed by atoms with E-state index >= 15 is 0 Å². The number of rotatable bonds is 11. The second kappa shape index (κ2) is 15.8. The Kier molecular flexibility index (Phi) is 10.2. The van der Waals surface area contributed by atoms with Crippen molar-refractivity contribution in [3.8, 4) is 11.8 Å². The number of nitrogens with one attached hydrogen (secondary N) is 4. The third-order valence-corrected chi connectivity index (χ3v) is 11.8. The molecule has 1 saturated carbocycles. The van der Waals surface area contributed by atoms with Crippen molar-refractivity contribution in [2.45, 2.75) is 88.4 Å². The van der Waals surface area contributed by atoms with Crippen LogP contribution >= 0.6 is 0 Å². The fraction of sp³-hybridized carbons (Fsp3) is 0.475. The maximum absolute atomic E-state index is 14.2. The summed E-state index contributed by atoms with van der Waals surface area (Å²) in [5.41, 5.74) is 1.43. The van der Waals surface area contributed by atoms with Gasteiger partial charge in [-0.15, -0.1) is 0 Å². The van der Waals surface area contributed by atoms with Gasteiger partial charge >= 0.3 is 5.69 Å². The molecule has 3 amide bonds. The van der Waals surface area contributed by atoms with Crippen LogP contribution in [0, 0.1) is 17.8 Å². The molecule has 1 aromatic carbocycles. The molecule has 0 spiro atoms. The highest BCUT2D eigenvalue weighted by molar-refractivity contribution is 6.08. The summed E-state index contributed by atoms with van der Waals surface area (Å²) < 4.78 is 38.6. The van der Waals surface area contributed by atoms with Crippen molar-refractivity contribution in [1.29, 1.82) is 0 Å². The van der Waals surface area contributed by atoms with Gasteiger partial charge in [0.2, 0.25) is 11.8 Å². The third-order valence-electron chi connectivity index (χ3n) is 11.8. The number of aromatic nitrogens is 7. The highest BCUT2D eigenvalue weighted by Gasteiger charge is 2.40. The van der Waals surface area contributed by atoms with Crippen LogP contribution in [0.2, 0.25) is 0 Å². The quantitative estimate of drug-likeness (QED) is 0.0870. The molecule has 16 nitrogen and oxygen atoms in total. The van der Waals surface area contributed by atoms with E-state index in [1.165, 1.54) is 21.5 Å². The number of carbonyl (C=O) groups excluding carboxylic acids is 3. The molecule has 3 aliphatic heterocycles. The fourth-order valence-electron chi connectivity index (χ4n) is 8.77. The van der Waals surface area contributed by atoms with Crippen molar-refractivity contribution < 1.29 is 27.9 Å². The van der Waals surface area contributed by atoms with E-state index in [4.69, 9.17) is 9.72 Å². The average molecular weight is 796 g/mol. The number of hydrogen-bond acceptors (Lipinski definition) is 10. The number of hydrogen-bond donors (Lipinski definition) is 4. The SMILES string of the molecule is O=C1CCC(n2c(=O)[nH]c3c(C#CCCCNCC4CCC(n5cc(NC(=O)c6cnn7ccc(N8C[C@H]9C[C@@H]8CO9)nc67)c(C(F)F)n5)CC4)cccc32)C(=O)N1. The van der Waals surface area contributed by atoms with Crippen LogP contribution in [0.15, 0.2) is 47.7 Å². The summed E-state index contributed by atoms with van der Waals surface area (Å²) in [5, 5.41) is 17.0. The van der Waals surface area contributed by atoms with Gasteiger partial charge in [-0.1, -0.05) is 17.9 Å². The highest BCUT2D eigenvalue weighted by atomic mass is 19.3. The van der Waals surface area contributed by atoms with E-state index < -0.39 is 35.7 Å². The molecule has 9 rings (SSSR count). The van der Waals surface area contributed by atoms with Gasteiger partial charge in [0, 0.05) is 31.8 Å². The molecule has 18 heteroatoms. The molecule has 2 bridgehead atoms. The Morgan fingerprint density at radius 2 is 1.95 bits per heavy atom. The molecule has 302 valence electrons. The molecule has 4 N–H and O–H groups in total. The van der Waals surface area contributed by atoms with E-state index in [0.717, 1.165) is 64.0 Å². The predicted molar refractivity (Wildman–Crippen MR) is 208 cm³/mol. The predicted octanol–water partition coefficient (Wildman–Crippen LogP) is 3.87. The zero-order chi connectivity index (χ0) is 39.9. The normalized spacial score (nSPS) is 23.2. The largest absolute Gasteiger partial charge is 0.374 e. The molecule has 3 saturated heterocycles. The number of aromatic amines is 1. The molecule has 1 unspecified atom stereocenters. The summed E-state index contributed by atoms with van der Waals surface area (Å²) in [6.45, 7) is 2.98. The van der Waals surface area contributed by atoms with Crippen LogP contribution in [0.4, 0.5) is 20.3 Å². The minimum Gasteiger partial charge on any atom is -0.374 e. The molecule has 5 aromatic rings. The first-order valence-electron chi connectivity index (χ1n) is 19.9. The number of morpholine rings is 1. The summed E-state index contributed by atoms with van der Waals surface area (Å²) >= 11 is 0. The summed E-state index contributed by atoms with van der Waals surface area (Å²) in [5.74, 6) is 6.11. The fourth-order valence-corrected chi connectivity index (χ4v) is 8.77. The number of para-hydroxylation sites is 1. The van der Waals surface area contributed by atoms with Crippen molar-refractivity contribution in [2.75, 3.05) is 36.5 Å². The van der Waals surface area contributed by atoms with Gasteiger partial charge in [-0.3, -0.25) is 28.9 Å². The Morgan fingerprint density at radius 1 is 1.09 bits per heavy atom. The number of halogens is 2. The number of imide groups is 1. The van der Waals surface area contributed by atoms with Crippen LogP contribution in [0.3, 0.4) is 0 Å². The van der Waals surface area contributed by atoms with Gasteiger partial charge in [-0.2, -0.15) is 10.2 Å². The molecule has 0 radical (unpaired) electrons. The lowest BCUT2D eigenvalue weighted by atomic mass is 9.86. The monoisotopic (exact) mass is 795 g/mol. The zero-order valence-corrected chi connectivity index (χ0v) is 31.6. The van der Waals surface area contributed by atoms with Crippen LogP contribution in [0.25, 0.3) is 16.7 Å². The van der Waals surface area contributed by atoms with E-state index in [1.807, 2.05) is 12.1 Å². The number of alkyl halides is 2. The Balaban J connectivity index is 0.752. The van der Waals surface area contributed by atoms with Crippen molar-refractivity contribution in [1.82, 2.24) is 44.6 Å². The number of imidazole rings is 1. The number of carbonyl (C=O) groups is 3. The topological polar surface area (TPSA) is 186 Å². The Bertz CT molecular complexity index is 2510. The van der Waals surface area contributed by atoms with E-state index in [-0.39, 0.29) is 48.2 Å². The second-order valence-electron chi connectivity index (χ2n) is 15.5. The minimum atomic E-state index is -2.87. The van der Waals surface area contributed by atoms with Gasteiger partial charge in [-0.25, -0.2) is 23.1 Å². The smallest absolute Gasteiger partial charge is 0.327 e. The van der Waals surface area contributed by atoms with E-state index in [1.54, 1.807) is 23.0 Å². The third kappa shape index (κ3) is 7.35. The van der Waals surface area contributed by atoms with Gasteiger partial charge in [0.15, 0.2) is 11.3 Å². The lowest BCUT2D eigenvalue weighted by Crippen LogP contribution is -2.43. The van der Waals surface area contributed by atoms with Gasteiger partial charge < -0.3 is 25.3 Å². The first-order chi connectivity index (χ1) is 28.2. The molecule has 3 atom stereocenters. The lowest BCUT2D eigenvalue weighted by molar-refractivity contribution is -0.135. The van der Waals surface area contributed by atoms with Crippen LogP contribution in [-0.2, 0) is 14.3 Å². The van der Waals surface area contributed by atoms with Crippen LogP contribution in [0.1, 0.15) is 97.9 Å². The maximum atomic E-state index is 14.2. The second-order valence-corrected chi connectivity index (χ2v) is 15.5. The molecular formula is C40H43F2N11O5. The number of H-pyrrole nitrogens is 1. The van der Waals surface area contributed by atoms with Gasteiger partial charge in [0.05, 0.1) is 53.3 Å². The number of ether oxygens (including phenoxy) is 1. The van der Waals surface area contributed by atoms with Gasteiger partial charge in [0.25, 0.3) is 12.3 Å². The zero-order valence-electron chi connectivity index (χ0n) is 31.6. The number of amides is 3. The Labute approximate surface area is 330 Å². The minimum absolute atomic E-state index is 0.0213. The first-order valence-corrected chi connectivity index (χ1v) is 19.9. The van der Waals surface area contributed by atoms with Crippen molar-refractivity contribution >= 4 is 45.9 Å². The van der Waals surface area contributed by atoms with Crippen LogP contribution in [0.5, 0.6) is 0 Å². The molecule has 4 aliphatic rings. The summed E-state index contributed by atoms with van der Waals surface area (Å²) in [4.78, 5) is 60.1. The Morgan fingerprint density at radius 3 is 2.72 bits per heavy atom. The number of anilines is 2. The number of piperidine rings is 1.